The molecule has 5 nitrogen and oxygen atoms in total. The zero-order valence-corrected chi connectivity index (χ0v) is 11.3. The molecule has 0 fully saturated rings. The summed E-state index contributed by atoms with van der Waals surface area (Å²) < 4.78 is 30.0. The van der Waals surface area contributed by atoms with Crippen LogP contribution in [0.4, 0.5) is 5.69 Å². The molecule has 0 spiro atoms. The van der Waals surface area contributed by atoms with Crippen LogP contribution in [0.15, 0.2) is 24.3 Å². The van der Waals surface area contributed by atoms with Gasteiger partial charge in [-0.25, -0.2) is 8.42 Å². The van der Waals surface area contributed by atoms with E-state index in [2.05, 4.69) is 0 Å². The number of nitriles is 1. The van der Waals surface area contributed by atoms with Crippen LogP contribution in [0.1, 0.15) is 12.0 Å². The molecule has 0 aliphatic heterocycles. The van der Waals surface area contributed by atoms with Crippen LogP contribution in [0.2, 0.25) is 0 Å². The highest BCUT2D eigenvalue weighted by molar-refractivity contribution is 7.92. The van der Waals surface area contributed by atoms with Crippen LogP contribution in [0.25, 0.3) is 0 Å². The Morgan fingerprint density at radius 1 is 1.33 bits per heavy atom. The fourth-order valence-electron chi connectivity index (χ4n) is 1.43. The summed E-state index contributed by atoms with van der Waals surface area (Å²) in [6.45, 7) is 0.417. The van der Waals surface area contributed by atoms with Crippen molar-refractivity contribution in [3.05, 3.63) is 29.8 Å². The first-order valence-corrected chi connectivity index (χ1v) is 7.08. The van der Waals surface area contributed by atoms with Gasteiger partial charge in [-0.05, 0) is 30.7 Å². The molecule has 0 saturated carbocycles. The Hall–Kier alpha value is -1.58. The minimum absolute atomic E-state index is 0.0390. The second-order valence-corrected chi connectivity index (χ2v) is 5.91. The number of methoxy groups -OCH3 is 1. The van der Waals surface area contributed by atoms with Gasteiger partial charge in [-0.1, -0.05) is 0 Å². The van der Waals surface area contributed by atoms with Gasteiger partial charge in [0, 0.05) is 20.8 Å². The number of anilines is 1. The Morgan fingerprint density at radius 2 is 1.94 bits per heavy atom. The van der Waals surface area contributed by atoms with Crippen molar-refractivity contribution < 1.29 is 13.2 Å². The maximum atomic E-state index is 12.0. The van der Waals surface area contributed by atoms with Crippen LogP contribution in [0.5, 0.6) is 0 Å². The molecular formula is C12H16N2O3S. The van der Waals surface area contributed by atoms with E-state index in [1.807, 2.05) is 6.07 Å². The molecule has 18 heavy (non-hydrogen) atoms. The number of hydrogen-bond acceptors (Lipinski definition) is 4. The maximum absolute atomic E-state index is 12.0. The van der Waals surface area contributed by atoms with Crippen molar-refractivity contribution in [2.75, 3.05) is 30.8 Å². The standard InChI is InChI=1S/C12H16N2O3S/c1-14(18(15,16)9-3-8-17-2)12-6-4-11(10-13)5-7-12/h4-7H,3,8-9H2,1-2H3. The van der Waals surface area contributed by atoms with Crippen molar-refractivity contribution in [1.29, 1.82) is 5.26 Å². The van der Waals surface area contributed by atoms with Gasteiger partial charge in [0.15, 0.2) is 0 Å². The van der Waals surface area contributed by atoms with Crippen molar-refractivity contribution in [2.24, 2.45) is 0 Å². The van der Waals surface area contributed by atoms with Gasteiger partial charge in [-0.3, -0.25) is 4.31 Å². The van der Waals surface area contributed by atoms with Gasteiger partial charge in [0.25, 0.3) is 0 Å². The topological polar surface area (TPSA) is 70.4 Å². The van der Waals surface area contributed by atoms with Gasteiger partial charge in [0.05, 0.1) is 23.1 Å². The van der Waals surface area contributed by atoms with E-state index in [4.69, 9.17) is 10.00 Å². The molecule has 1 rings (SSSR count). The van der Waals surface area contributed by atoms with E-state index in [0.717, 1.165) is 0 Å². The molecule has 98 valence electrons. The lowest BCUT2D eigenvalue weighted by atomic mass is 10.2. The summed E-state index contributed by atoms with van der Waals surface area (Å²) in [7, 11) is -0.293. The van der Waals surface area contributed by atoms with E-state index in [1.165, 1.54) is 18.5 Å². The van der Waals surface area contributed by atoms with Crippen LogP contribution < -0.4 is 4.31 Å². The summed E-state index contributed by atoms with van der Waals surface area (Å²) >= 11 is 0. The molecule has 0 aliphatic carbocycles. The molecule has 0 aromatic heterocycles. The third-order valence-corrected chi connectivity index (χ3v) is 4.38. The summed E-state index contributed by atoms with van der Waals surface area (Å²) in [6.07, 6.45) is 0.458. The zero-order chi connectivity index (χ0) is 13.6. The van der Waals surface area contributed by atoms with Crippen LogP contribution in [-0.2, 0) is 14.8 Å². The number of sulfonamides is 1. The second kappa shape index (κ2) is 6.38. The summed E-state index contributed by atoms with van der Waals surface area (Å²) in [5.41, 5.74) is 1.05. The quantitative estimate of drug-likeness (QED) is 0.730. The first-order chi connectivity index (χ1) is 8.51. The van der Waals surface area contributed by atoms with Crippen molar-refractivity contribution in [3.63, 3.8) is 0 Å². The van der Waals surface area contributed by atoms with Crippen LogP contribution in [-0.4, -0.2) is 34.9 Å². The molecule has 0 heterocycles. The summed E-state index contributed by atoms with van der Waals surface area (Å²) in [5.74, 6) is 0.0390. The van der Waals surface area contributed by atoms with Gasteiger partial charge >= 0.3 is 0 Å². The molecule has 0 radical (unpaired) electrons. The average Bonchev–Trinajstić information content (AvgIpc) is 2.38. The molecule has 0 amide bonds. The van der Waals surface area contributed by atoms with E-state index < -0.39 is 10.0 Å². The summed E-state index contributed by atoms with van der Waals surface area (Å²) in [6, 6.07) is 8.41. The molecule has 1 aromatic carbocycles. The fraction of sp³-hybridized carbons (Fsp3) is 0.417. The highest BCUT2D eigenvalue weighted by atomic mass is 32.2. The SMILES string of the molecule is COCCCS(=O)(=O)N(C)c1ccc(C#N)cc1. The lowest BCUT2D eigenvalue weighted by molar-refractivity contribution is 0.199. The Labute approximate surface area is 108 Å². The van der Waals surface area contributed by atoms with Gasteiger partial charge in [0.1, 0.15) is 0 Å². The first kappa shape index (κ1) is 14.5. The van der Waals surface area contributed by atoms with E-state index in [9.17, 15) is 8.42 Å². The Bertz CT molecular complexity index is 517. The number of nitrogens with zero attached hydrogens (tertiary/aromatic N) is 2. The van der Waals surface area contributed by atoms with Crippen LogP contribution in [0.3, 0.4) is 0 Å². The molecule has 0 atom stereocenters. The summed E-state index contributed by atoms with van der Waals surface area (Å²) in [5, 5.41) is 8.67. The molecule has 0 unspecified atom stereocenters. The molecule has 1 aromatic rings. The van der Waals surface area contributed by atoms with Crippen molar-refractivity contribution in [2.45, 2.75) is 6.42 Å². The lowest BCUT2D eigenvalue weighted by Crippen LogP contribution is -2.29. The number of hydrogen-bond donors (Lipinski definition) is 0. The molecule has 0 aliphatic rings. The third-order valence-electron chi connectivity index (χ3n) is 2.53. The number of ether oxygens (including phenoxy) is 1. The average molecular weight is 268 g/mol. The maximum Gasteiger partial charge on any atom is 0.234 e. The zero-order valence-electron chi connectivity index (χ0n) is 10.5. The molecule has 0 N–H and O–H groups in total. The minimum Gasteiger partial charge on any atom is -0.385 e. The van der Waals surface area contributed by atoms with Crippen molar-refractivity contribution in [3.8, 4) is 6.07 Å². The Kier molecular flexibility index (Phi) is 5.13. The predicted octanol–water partition coefficient (Wildman–Crippen LogP) is 1.36. The van der Waals surface area contributed by atoms with Gasteiger partial charge in [-0.15, -0.1) is 0 Å². The van der Waals surface area contributed by atoms with Gasteiger partial charge in [-0.2, -0.15) is 5.26 Å². The predicted molar refractivity (Wildman–Crippen MR) is 69.8 cm³/mol. The Balaban J connectivity index is 2.79. The molecule has 6 heteroatoms. The number of benzene rings is 1. The lowest BCUT2D eigenvalue weighted by Gasteiger charge is -2.19. The van der Waals surface area contributed by atoms with E-state index >= 15 is 0 Å². The Morgan fingerprint density at radius 3 is 2.44 bits per heavy atom. The van der Waals surface area contributed by atoms with Gasteiger partial charge in [0.2, 0.25) is 10.0 Å². The highest BCUT2D eigenvalue weighted by Gasteiger charge is 2.17. The van der Waals surface area contributed by atoms with E-state index in [0.29, 0.717) is 24.3 Å². The van der Waals surface area contributed by atoms with Crippen LogP contribution in [0, 0.1) is 11.3 Å². The largest absolute Gasteiger partial charge is 0.385 e. The smallest absolute Gasteiger partial charge is 0.234 e. The molecular weight excluding hydrogens is 252 g/mol. The van der Waals surface area contributed by atoms with E-state index in [1.54, 1.807) is 24.3 Å². The first-order valence-electron chi connectivity index (χ1n) is 5.47. The van der Waals surface area contributed by atoms with E-state index in [-0.39, 0.29) is 5.75 Å². The fourth-order valence-corrected chi connectivity index (χ4v) is 2.63. The second-order valence-electron chi connectivity index (χ2n) is 3.79. The highest BCUT2D eigenvalue weighted by Crippen LogP contribution is 2.17. The summed E-state index contributed by atoms with van der Waals surface area (Å²) in [4.78, 5) is 0. The van der Waals surface area contributed by atoms with Crippen molar-refractivity contribution in [1.82, 2.24) is 0 Å². The molecule has 0 bridgehead atoms. The normalized spacial score (nSPS) is 10.9. The van der Waals surface area contributed by atoms with Gasteiger partial charge < -0.3 is 4.74 Å². The number of rotatable bonds is 6. The minimum atomic E-state index is -3.33. The van der Waals surface area contributed by atoms with Crippen LogP contribution >= 0.6 is 0 Å². The van der Waals surface area contributed by atoms with Crippen molar-refractivity contribution >= 4 is 15.7 Å². The molecule has 0 saturated heterocycles. The third kappa shape index (κ3) is 3.72. The monoisotopic (exact) mass is 268 g/mol.